The molecule has 0 saturated heterocycles. The zero-order valence-corrected chi connectivity index (χ0v) is 10.7. The number of aromatic carboxylic acids is 1. The largest absolute Gasteiger partial charge is 0.478 e. The van der Waals surface area contributed by atoms with Gasteiger partial charge in [-0.05, 0) is 43.0 Å². The smallest absolute Gasteiger partial charge is 0.335 e. The Morgan fingerprint density at radius 3 is 2.63 bits per heavy atom. The normalized spacial score (nSPS) is 16.5. The molecule has 1 aromatic carbocycles. The maximum atomic E-state index is 11.9. The predicted molar refractivity (Wildman–Crippen MR) is 72.0 cm³/mol. The van der Waals surface area contributed by atoms with Crippen molar-refractivity contribution in [1.82, 2.24) is 0 Å². The third kappa shape index (κ3) is 3.12. The molecule has 1 amide bonds. The van der Waals surface area contributed by atoms with E-state index in [-0.39, 0.29) is 16.9 Å². The molecule has 19 heavy (non-hydrogen) atoms. The number of carbonyl (C=O) groups is 2. The third-order valence-electron chi connectivity index (χ3n) is 3.78. The molecule has 2 rings (SSSR count). The van der Waals surface area contributed by atoms with E-state index < -0.39 is 5.97 Å². The van der Waals surface area contributed by atoms with Crippen molar-refractivity contribution in [3.05, 3.63) is 29.8 Å². The fourth-order valence-electron chi connectivity index (χ4n) is 2.41. The van der Waals surface area contributed by atoms with Gasteiger partial charge < -0.3 is 16.2 Å². The number of nitrogens with one attached hydrogen (secondary N) is 1. The molecule has 5 heteroatoms. The number of carboxylic acids is 1. The van der Waals surface area contributed by atoms with E-state index in [1.165, 1.54) is 12.1 Å². The van der Waals surface area contributed by atoms with Crippen LogP contribution in [-0.2, 0) is 4.79 Å². The summed E-state index contributed by atoms with van der Waals surface area (Å²) in [5.74, 6) is -1.11. The lowest BCUT2D eigenvalue weighted by molar-refractivity contribution is -0.119. The van der Waals surface area contributed by atoms with Crippen LogP contribution in [0, 0.1) is 5.41 Å². The van der Waals surface area contributed by atoms with Crippen LogP contribution >= 0.6 is 0 Å². The van der Waals surface area contributed by atoms with Crippen LogP contribution in [0.5, 0.6) is 0 Å². The monoisotopic (exact) mass is 262 g/mol. The molecule has 1 saturated carbocycles. The third-order valence-corrected chi connectivity index (χ3v) is 3.78. The van der Waals surface area contributed by atoms with Gasteiger partial charge in [0.15, 0.2) is 0 Å². The average molecular weight is 262 g/mol. The first-order valence-electron chi connectivity index (χ1n) is 6.38. The number of carboxylic acid groups (broad SMARTS) is 1. The molecule has 102 valence electrons. The molecule has 0 unspecified atom stereocenters. The van der Waals surface area contributed by atoms with E-state index in [0.29, 0.717) is 18.7 Å². The zero-order valence-electron chi connectivity index (χ0n) is 10.7. The molecule has 1 aliphatic carbocycles. The number of hydrogen-bond donors (Lipinski definition) is 3. The van der Waals surface area contributed by atoms with E-state index >= 15 is 0 Å². The van der Waals surface area contributed by atoms with E-state index in [2.05, 4.69) is 5.32 Å². The summed E-state index contributed by atoms with van der Waals surface area (Å²) in [7, 11) is 0. The van der Waals surface area contributed by atoms with Gasteiger partial charge in [-0.2, -0.15) is 0 Å². The summed E-state index contributed by atoms with van der Waals surface area (Å²) in [5.41, 5.74) is 6.34. The molecule has 0 atom stereocenters. The van der Waals surface area contributed by atoms with Gasteiger partial charge in [-0.15, -0.1) is 0 Å². The highest BCUT2D eigenvalue weighted by Crippen LogP contribution is 2.43. The molecule has 0 bridgehead atoms. The Bertz CT molecular complexity index is 490. The van der Waals surface area contributed by atoms with Gasteiger partial charge in [0, 0.05) is 12.1 Å². The highest BCUT2D eigenvalue weighted by atomic mass is 16.4. The van der Waals surface area contributed by atoms with Crippen LogP contribution in [0.15, 0.2) is 24.3 Å². The molecule has 0 spiro atoms. The standard InChI is InChI=1S/C14H18N2O3/c15-9-14(5-2-6-14)8-12(17)16-11-4-1-3-10(7-11)13(18)19/h1,3-4,7H,2,5-6,8-9,15H2,(H,16,17)(H,18,19). The molecular formula is C14H18N2O3. The second-order valence-corrected chi connectivity index (χ2v) is 5.17. The highest BCUT2D eigenvalue weighted by molar-refractivity contribution is 5.94. The lowest BCUT2D eigenvalue weighted by atomic mass is 9.66. The van der Waals surface area contributed by atoms with Crippen molar-refractivity contribution in [1.29, 1.82) is 0 Å². The van der Waals surface area contributed by atoms with E-state index in [4.69, 9.17) is 10.8 Å². The van der Waals surface area contributed by atoms with Crippen molar-refractivity contribution in [3.63, 3.8) is 0 Å². The molecule has 1 aromatic rings. The minimum Gasteiger partial charge on any atom is -0.478 e. The summed E-state index contributed by atoms with van der Waals surface area (Å²) < 4.78 is 0. The molecule has 1 fully saturated rings. The number of amides is 1. The average Bonchev–Trinajstić information content (AvgIpc) is 2.34. The number of rotatable bonds is 5. The van der Waals surface area contributed by atoms with Gasteiger partial charge in [-0.1, -0.05) is 12.5 Å². The van der Waals surface area contributed by atoms with Gasteiger partial charge >= 0.3 is 5.97 Å². The second-order valence-electron chi connectivity index (χ2n) is 5.17. The van der Waals surface area contributed by atoms with Gasteiger partial charge in [0.1, 0.15) is 0 Å². The summed E-state index contributed by atoms with van der Waals surface area (Å²) >= 11 is 0. The van der Waals surface area contributed by atoms with Crippen molar-refractivity contribution in [2.75, 3.05) is 11.9 Å². The van der Waals surface area contributed by atoms with Crippen LogP contribution in [0.2, 0.25) is 0 Å². The molecule has 0 aliphatic heterocycles. The van der Waals surface area contributed by atoms with E-state index in [1.54, 1.807) is 12.1 Å². The molecular weight excluding hydrogens is 244 g/mol. The minimum atomic E-state index is -1.01. The summed E-state index contributed by atoms with van der Waals surface area (Å²) in [6, 6.07) is 6.24. The number of benzene rings is 1. The lowest BCUT2D eigenvalue weighted by Crippen LogP contribution is -2.40. The Hall–Kier alpha value is -1.88. The minimum absolute atomic E-state index is 0.0471. The summed E-state index contributed by atoms with van der Waals surface area (Å²) in [5, 5.41) is 11.6. The quantitative estimate of drug-likeness (QED) is 0.755. The second kappa shape index (κ2) is 5.40. The van der Waals surface area contributed by atoms with Crippen molar-refractivity contribution in [2.45, 2.75) is 25.7 Å². The summed E-state index contributed by atoms with van der Waals surface area (Å²) in [6.07, 6.45) is 3.51. The first kappa shape index (κ1) is 13.5. The maximum absolute atomic E-state index is 11.9. The van der Waals surface area contributed by atoms with Gasteiger partial charge in [0.2, 0.25) is 5.91 Å². The highest BCUT2D eigenvalue weighted by Gasteiger charge is 2.37. The molecule has 1 aliphatic rings. The molecule has 5 nitrogen and oxygen atoms in total. The van der Waals surface area contributed by atoms with Crippen LogP contribution < -0.4 is 11.1 Å². The van der Waals surface area contributed by atoms with Crippen LogP contribution in [0.4, 0.5) is 5.69 Å². The fraction of sp³-hybridized carbons (Fsp3) is 0.429. The van der Waals surface area contributed by atoms with Gasteiger partial charge in [0.05, 0.1) is 5.56 Å². The van der Waals surface area contributed by atoms with Crippen molar-refractivity contribution >= 4 is 17.6 Å². The van der Waals surface area contributed by atoms with E-state index in [0.717, 1.165) is 19.3 Å². The Morgan fingerprint density at radius 1 is 1.37 bits per heavy atom. The topological polar surface area (TPSA) is 92.4 Å². The Kier molecular flexibility index (Phi) is 3.85. The SMILES string of the molecule is NCC1(CC(=O)Nc2cccc(C(=O)O)c2)CCC1. The Morgan fingerprint density at radius 2 is 2.11 bits per heavy atom. The molecule has 0 aromatic heterocycles. The zero-order chi connectivity index (χ0) is 13.9. The molecule has 0 heterocycles. The van der Waals surface area contributed by atoms with Gasteiger partial charge in [-0.25, -0.2) is 4.79 Å². The lowest BCUT2D eigenvalue weighted by Gasteiger charge is -2.40. The first-order chi connectivity index (χ1) is 9.04. The van der Waals surface area contributed by atoms with Crippen molar-refractivity contribution in [3.8, 4) is 0 Å². The van der Waals surface area contributed by atoms with Gasteiger partial charge in [0.25, 0.3) is 0 Å². The number of carbonyl (C=O) groups excluding carboxylic acids is 1. The Labute approximate surface area is 111 Å². The van der Waals surface area contributed by atoms with Crippen LogP contribution in [0.3, 0.4) is 0 Å². The van der Waals surface area contributed by atoms with Crippen molar-refractivity contribution in [2.24, 2.45) is 11.1 Å². The first-order valence-corrected chi connectivity index (χ1v) is 6.38. The van der Waals surface area contributed by atoms with Gasteiger partial charge in [-0.3, -0.25) is 4.79 Å². The Balaban J connectivity index is 1.99. The summed E-state index contributed by atoms with van der Waals surface area (Å²) in [6.45, 7) is 0.523. The number of nitrogens with two attached hydrogens (primary N) is 1. The molecule has 4 N–H and O–H groups in total. The predicted octanol–water partition coefficient (Wildman–Crippen LogP) is 1.84. The van der Waals surface area contributed by atoms with Crippen LogP contribution in [0.25, 0.3) is 0 Å². The van der Waals surface area contributed by atoms with E-state index in [9.17, 15) is 9.59 Å². The van der Waals surface area contributed by atoms with E-state index in [1.807, 2.05) is 0 Å². The van der Waals surface area contributed by atoms with Crippen molar-refractivity contribution < 1.29 is 14.7 Å². The maximum Gasteiger partial charge on any atom is 0.335 e. The van der Waals surface area contributed by atoms with Crippen LogP contribution in [0.1, 0.15) is 36.0 Å². The van der Waals surface area contributed by atoms with Crippen LogP contribution in [-0.4, -0.2) is 23.5 Å². The number of anilines is 1. The molecule has 0 radical (unpaired) electrons. The summed E-state index contributed by atoms with van der Waals surface area (Å²) in [4.78, 5) is 22.8. The fourth-order valence-corrected chi connectivity index (χ4v) is 2.41. The number of hydrogen-bond acceptors (Lipinski definition) is 3.